The first kappa shape index (κ1) is 22.4. The fraction of sp³-hybridized carbons (Fsp3) is 0.263. The molecule has 3 aromatic rings. The summed E-state index contributed by atoms with van der Waals surface area (Å²) in [5.41, 5.74) is 1.51. The number of aromatic nitrogens is 4. The van der Waals surface area contributed by atoms with E-state index in [-0.39, 0.29) is 17.4 Å². The number of hydrogen-bond donors (Lipinski definition) is 1. The van der Waals surface area contributed by atoms with Crippen LogP contribution in [0.1, 0.15) is 5.56 Å². The van der Waals surface area contributed by atoms with Crippen LogP contribution < -0.4 is 14.8 Å². The van der Waals surface area contributed by atoms with Crippen molar-refractivity contribution >= 4 is 17.7 Å². The van der Waals surface area contributed by atoms with E-state index in [0.29, 0.717) is 24.0 Å². The summed E-state index contributed by atoms with van der Waals surface area (Å²) >= 11 is 1.09. The number of nitrogens with one attached hydrogen (secondary N) is 1. The van der Waals surface area contributed by atoms with Gasteiger partial charge in [-0.2, -0.15) is 4.68 Å². The molecule has 0 aliphatic rings. The Kier molecular flexibility index (Phi) is 7.34. The predicted molar refractivity (Wildman–Crippen MR) is 106 cm³/mol. The Bertz CT molecular complexity index is 1010. The minimum absolute atomic E-state index is 0.0556. The number of halogens is 3. The molecule has 164 valence electrons. The maximum Gasteiger partial charge on any atom is 0.573 e. The number of amides is 1. The minimum atomic E-state index is -4.77. The molecule has 0 fully saturated rings. The molecule has 0 unspecified atom stereocenters. The average Bonchev–Trinajstić information content (AvgIpc) is 3.18. The van der Waals surface area contributed by atoms with Gasteiger partial charge in [-0.1, -0.05) is 23.9 Å². The van der Waals surface area contributed by atoms with E-state index in [2.05, 4.69) is 25.6 Å². The van der Waals surface area contributed by atoms with E-state index in [4.69, 9.17) is 4.74 Å². The van der Waals surface area contributed by atoms with E-state index in [1.54, 1.807) is 0 Å². The van der Waals surface area contributed by atoms with Crippen LogP contribution in [0.25, 0.3) is 5.69 Å². The normalized spacial score (nSPS) is 11.2. The van der Waals surface area contributed by atoms with Crippen LogP contribution in [0.5, 0.6) is 11.5 Å². The summed E-state index contributed by atoms with van der Waals surface area (Å²) in [6.07, 6.45) is -4.77. The maximum atomic E-state index is 12.3. The first-order chi connectivity index (χ1) is 14.8. The Balaban J connectivity index is 1.46. The van der Waals surface area contributed by atoms with E-state index in [0.717, 1.165) is 35.2 Å². The highest BCUT2D eigenvalue weighted by Gasteiger charge is 2.31. The van der Waals surface area contributed by atoms with Crippen LogP contribution in [-0.4, -0.2) is 51.4 Å². The van der Waals surface area contributed by atoms with Gasteiger partial charge in [-0.15, -0.1) is 18.3 Å². The molecule has 0 spiro atoms. The Morgan fingerprint density at radius 3 is 2.65 bits per heavy atom. The van der Waals surface area contributed by atoms with Crippen molar-refractivity contribution in [2.75, 3.05) is 18.9 Å². The number of hydrogen-bond acceptors (Lipinski definition) is 7. The van der Waals surface area contributed by atoms with Gasteiger partial charge in [0.15, 0.2) is 0 Å². The molecule has 0 atom stereocenters. The number of aryl methyl sites for hydroxylation is 1. The number of thioether (sulfide) groups is 1. The summed E-state index contributed by atoms with van der Waals surface area (Å²) in [6, 6.07) is 12.7. The van der Waals surface area contributed by atoms with Crippen LogP contribution in [0.3, 0.4) is 0 Å². The molecule has 1 amide bonds. The van der Waals surface area contributed by atoms with Crippen molar-refractivity contribution in [2.45, 2.75) is 18.4 Å². The lowest BCUT2D eigenvalue weighted by Gasteiger charge is -2.10. The van der Waals surface area contributed by atoms with Crippen molar-refractivity contribution < 1.29 is 27.4 Å². The van der Waals surface area contributed by atoms with Gasteiger partial charge in [-0.05, 0) is 59.3 Å². The first-order valence-corrected chi connectivity index (χ1v) is 10.0. The fourth-order valence-electron chi connectivity index (χ4n) is 2.47. The van der Waals surface area contributed by atoms with E-state index in [1.807, 2.05) is 31.2 Å². The van der Waals surface area contributed by atoms with Gasteiger partial charge < -0.3 is 14.8 Å². The zero-order valence-electron chi connectivity index (χ0n) is 16.3. The molecule has 0 radical (unpaired) electrons. The third kappa shape index (κ3) is 7.17. The van der Waals surface area contributed by atoms with Gasteiger partial charge in [0.25, 0.3) is 0 Å². The lowest BCUT2D eigenvalue weighted by Crippen LogP contribution is -2.29. The standard InChI is InChI=1S/C19H18F3N5O3S/c1-13-3-2-4-16(11-13)29-10-9-23-17(28)12-31-18-24-25-26-27(18)14-5-7-15(8-6-14)30-19(20,21)22/h2-8,11H,9-10,12H2,1H3,(H,23,28). The van der Waals surface area contributed by atoms with E-state index < -0.39 is 6.36 Å². The summed E-state index contributed by atoms with van der Waals surface area (Å²) in [6.45, 7) is 2.62. The third-order valence-corrected chi connectivity index (χ3v) is 4.69. The number of ether oxygens (including phenoxy) is 2. The maximum absolute atomic E-state index is 12.3. The number of carbonyl (C=O) groups excluding carboxylic acids is 1. The van der Waals surface area contributed by atoms with E-state index >= 15 is 0 Å². The van der Waals surface area contributed by atoms with Crippen molar-refractivity contribution in [3.05, 3.63) is 54.1 Å². The Morgan fingerprint density at radius 2 is 1.94 bits per heavy atom. The Morgan fingerprint density at radius 1 is 1.16 bits per heavy atom. The molecule has 2 aromatic carbocycles. The molecule has 0 saturated carbocycles. The second-order valence-corrected chi connectivity index (χ2v) is 7.16. The Hall–Kier alpha value is -3.28. The molecule has 31 heavy (non-hydrogen) atoms. The molecule has 0 saturated heterocycles. The molecule has 8 nitrogen and oxygen atoms in total. The summed E-state index contributed by atoms with van der Waals surface area (Å²) < 4.78 is 47.5. The van der Waals surface area contributed by atoms with Crippen molar-refractivity contribution in [2.24, 2.45) is 0 Å². The lowest BCUT2D eigenvalue weighted by atomic mass is 10.2. The van der Waals surface area contributed by atoms with Gasteiger partial charge in [-0.3, -0.25) is 4.79 Å². The summed E-state index contributed by atoms with van der Waals surface area (Å²) in [7, 11) is 0. The number of tetrazole rings is 1. The third-order valence-electron chi connectivity index (χ3n) is 3.77. The van der Waals surface area contributed by atoms with Crippen LogP contribution in [0, 0.1) is 6.92 Å². The predicted octanol–water partition coefficient (Wildman–Crippen LogP) is 3.16. The largest absolute Gasteiger partial charge is 0.573 e. The quantitative estimate of drug-likeness (QED) is 0.393. The molecular formula is C19H18F3N5O3S. The molecular weight excluding hydrogens is 435 g/mol. The van der Waals surface area contributed by atoms with Gasteiger partial charge in [0.05, 0.1) is 18.0 Å². The number of alkyl halides is 3. The molecule has 0 aliphatic heterocycles. The number of benzene rings is 2. The zero-order valence-corrected chi connectivity index (χ0v) is 17.1. The van der Waals surface area contributed by atoms with Gasteiger partial charge in [0.2, 0.25) is 11.1 Å². The second kappa shape index (κ2) is 10.2. The van der Waals surface area contributed by atoms with Gasteiger partial charge in [0.1, 0.15) is 18.1 Å². The topological polar surface area (TPSA) is 91.2 Å². The van der Waals surface area contributed by atoms with Crippen molar-refractivity contribution in [3.8, 4) is 17.2 Å². The first-order valence-electron chi connectivity index (χ1n) is 9.04. The van der Waals surface area contributed by atoms with Crippen molar-refractivity contribution in [1.82, 2.24) is 25.5 Å². The average molecular weight is 453 g/mol. The molecule has 12 heteroatoms. The zero-order chi connectivity index (χ0) is 22.3. The highest BCUT2D eigenvalue weighted by Crippen LogP contribution is 2.25. The van der Waals surface area contributed by atoms with Gasteiger partial charge in [0, 0.05) is 0 Å². The Labute approximate surface area is 179 Å². The monoisotopic (exact) mass is 453 g/mol. The lowest BCUT2D eigenvalue weighted by molar-refractivity contribution is -0.274. The van der Waals surface area contributed by atoms with E-state index in [1.165, 1.54) is 16.8 Å². The molecule has 1 N–H and O–H groups in total. The molecule has 1 heterocycles. The highest BCUT2D eigenvalue weighted by atomic mass is 32.2. The summed E-state index contributed by atoms with van der Waals surface area (Å²) in [5, 5.41) is 14.2. The van der Waals surface area contributed by atoms with Crippen LogP contribution in [0.4, 0.5) is 13.2 Å². The molecule has 1 aromatic heterocycles. The minimum Gasteiger partial charge on any atom is -0.492 e. The fourth-order valence-corrected chi connectivity index (χ4v) is 3.19. The summed E-state index contributed by atoms with van der Waals surface area (Å²) in [5.74, 6) is 0.196. The van der Waals surface area contributed by atoms with Crippen molar-refractivity contribution in [3.63, 3.8) is 0 Å². The van der Waals surface area contributed by atoms with Crippen molar-refractivity contribution in [1.29, 1.82) is 0 Å². The van der Waals surface area contributed by atoms with Crippen LogP contribution >= 0.6 is 11.8 Å². The summed E-state index contributed by atoms with van der Waals surface area (Å²) in [4.78, 5) is 12.0. The smallest absolute Gasteiger partial charge is 0.492 e. The number of carbonyl (C=O) groups is 1. The van der Waals surface area contributed by atoms with Crippen LogP contribution in [0.2, 0.25) is 0 Å². The number of nitrogens with zero attached hydrogens (tertiary/aromatic N) is 4. The molecule has 0 aliphatic carbocycles. The number of rotatable bonds is 9. The van der Waals surface area contributed by atoms with Crippen LogP contribution in [-0.2, 0) is 4.79 Å². The SMILES string of the molecule is Cc1cccc(OCCNC(=O)CSc2nnnn2-c2ccc(OC(F)(F)F)cc2)c1. The van der Waals surface area contributed by atoms with Gasteiger partial charge in [-0.25, -0.2) is 0 Å². The van der Waals surface area contributed by atoms with Crippen LogP contribution in [0.15, 0.2) is 53.7 Å². The van der Waals surface area contributed by atoms with Gasteiger partial charge >= 0.3 is 6.36 Å². The van der Waals surface area contributed by atoms with E-state index in [9.17, 15) is 18.0 Å². The second-order valence-electron chi connectivity index (χ2n) is 6.22. The molecule has 3 rings (SSSR count). The molecule has 0 bridgehead atoms. The highest BCUT2D eigenvalue weighted by molar-refractivity contribution is 7.99.